The van der Waals surface area contributed by atoms with Gasteiger partial charge in [-0.2, -0.15) is 15.0 Å². The van der Waals surface area contributed by atoms with Gasteiger partial charge in [0.15, 0.2) is 0 Å². The van der Waals surface area contributed by atoms with Crippen molar-refractivity contribution in [3.63, 3.8) is 0 Å². The van der Waals surface area contributed by atoms with Gasteiger partial charge in [0.1, 0.15) is 0 Å². The lowest BCUT2D eigenvalue weighted by atomic mass is 10.4. The molecule has 2 heterocycles. The third kappa shape index (κ3) is 4.42. The highest BCUT2D eigenvalue weighted by molar-refractivity contribution is 6.28. The normalized spacial score (nSPS) is 14.6. The predicted molar refractivity (Wildman–Crippen MR) is 79.7 cm³/mol. The van der Waals surface area contributed by atoms with E-state index in [1.807, 2.05) is 18.7 Å². The van der Waals surface area contributed by atoms with Crippen molar-refractivity contribution in [3.05, 3.63) is 5.28 Å². The number of carbonyl (C=O) groups excluding carboxylic acids is 1. The molecule has 0 atom stereocenters. The first-order chi connectivity index (χ1) is 9.95. The van der Waals surface area contributed by atoms with Crippen LogP contribution in [0.5, 0.6) is 6.01 Å². The van der Waals surface area contributed by atoms with Crippen molar-refractivity contribution in [3.8, 4) is 6.01 Å². The zero-order valence-electron chi connectivity index (χ0n) is 12.5. The number of halogens is 1. The smallest absolute Gasteiger partial charge is 0.322 e. The van der Waals surface area contributed by atoms with Gasteiger partial charge in [-0.15, -0.1) is 0 Å². The fourth-order valence-electron chi connectivity index (χ4n) is 2.10. The maximum absolute atomic E-state index is 12.1. The molecular weight excluding hydrogens is 294 g/mol. The van der Waals surface area contributed by atoms with Crippen molar-refractivity contribution in [1.82, 2.24) is 19.9 Å². The molecule has 1 aliphatic rings. The summed E-state index contributed by atoms with van der Waals surface area (Å²) < 4.78 is 5.42. The van der Waals surface area contributed by atoms with Crippen LogP contribution < -0.4 is 9.64 Å². The summed E-state index contributed by atoms with van der Waals surface area (Å²) in [6, 6.07) is 0.167. The van der Waals surface area contributed by atoms with Gasteiger partial charge in [0.2, 0.25) is 17.1 Å². The van der Waals surface area contributed by atoms with E-state index in [-0.39, 0.29) is 29.8 Å². The lowest BCUT2D eigenvalue weighted by molar-refractivity contribution is -0.128. The van der Waals surface area contributed by atoms with Gasteiger partial charge in [-0.25, -0.2) is 0 Å². The summed E-state index contributed by atoms with van der Waals surface area (Å²) in [6.07, 6.45) is 2.08. The second kappa shape index (κ2) is 6.89. The van der Waals surface area contributed by atoms with Gasteiger partial charge in [-0.3, -0.25) is 4.79 Å². The van der Waals surface area contributed by atoms with E-state index < -0.39 is 0 Å². The summed E-state index contributed by atoms with van der Waals surface area (Å²) in [5, 5.41) is 0.0520. The molecule has 0 bridgehead atoms. The predicted octanol–water partition coefficient (Wildman–Crippen LogP) is 1.37. The van der Waals surface area contributed by atoms with Crippen molar-refractivity contribution >= 4 is 23.5 Å². The van der Waals surface area contributed by atoms with Gasteiger partial charge < -0.3 is 14.5 Å². The van der Waals surface area contributed by atoms with Crippen LogP contribution >= 0.6 is 11.6 Å². The minimum atomic E-state index is -0.0622. The van der Waals surface area contributed by atoms with E-state index in [1.54, 1.807) is 11.9 Å². The van der Waals surface area contributed by atoms with Gasteiger partial charge in [0, 0.05) is 20.1 Å². The maximum atomic E-state index is 12.1. The van der Waals surface area contributed by atoms with Crippen LogP contribution in [0, 0.1) is 0 Å². The van der Waals surface area contributed by atoms with Crippen LogP contribution in [0.15, 0.2) is 0 Å². The molecule has 0 saturated carbocycles. The average Bonchev–Trinajstić information content (AvgIpc) is 2.90. The van der Waals surface area contributed by atoms with Crippen LogP contribution in [0.25, 0.3) is 0 Å². The zero-order valence-corrected chi connectivity index (χ0v) is 13.3. The minimum absolute atomic E-state index is 0.0520. The number of carbonyl (C=O) groups is 1. The fraction of sp³-hybridized carbons (Fsp3) is 0.692. The molecule has 21 heavy (non-hydrogen) atoms. The maximum Gasteiger partial charge on any atom is 0.322 e. The highest BCUT2D eigenvalue weighted by Crippen LogP contribution is 2.16. The Bertz CT molecular complexity index is 505. The number of anilines is 1. The van der Waals surface area contributed by atoms with Crippen molar-refractivity contribution in [2.24, 2.45) is 0 Å². The van der Waals surface area contributed by atoms with Crippen LogP contribution in [0.2, 0.25) is 5.28 Å². The third-order valence-corrected chi connectivity index (χ3v) is 3.26. The molecule has 1 aromatic rings. The lowest BCUT2D eigenvalue weighted by Gasteiger charge is -2.21. The van der Waals surface area contributed by atoms with Crippen molar-refractivity contribution in [2.45, 2.75) is 32.8 Å². The molecule has 8 heteroatoms. The third-order valence-electron chi connectivity index (χ3n) is 3.09. The monoisotopic (exact) mass is 313 g/mol. The van der Waals surface area contributed by atoms with E-state index in [2.05, 4.69) is 15.0 Å². The summed E-state index contributed by atoms with van der Waals surface area (Å²) in [4.78, 5) is 27.8. The first-order valence-corrected chi connectivity index (χ1v) is 7.40. The number of likely N-dealkylation sites (N-methyl/N-ethyl adjacent to an activating group) is 1. The Morgan fingerprint density at radius 2 is 2.00 bits per heavy atom. The van der Waals surface area contributed by atoms with Gasteiger partial charge in [0.05, 0.1) is 12.6 Å². The van der Waals surface area contributed by atoms with Gasteiger partial charge >= 0.3 is 6.01 Å². The number of rotatable bonds is 5. The molecular formula is C13H20ClN5O2. The first-order valence-electron chi connectivity index (χ1n) is 7.03. The summed E-state index contributed by atoms with van der Waals surface area (Å²) in [5.74, 6) is 0.399. The Balaban J connectivity index is 2.05. The summed E-state index contributed by atoms with van der Waals surface area (Å²) in [7, 11) is 1.75. The molecule has 7 nitrogen and oxygen atoms in total. The van der Waals surface area contributed by atoms with Crippen LogP contribution in [0.3, 0.4) is 0 Å². The van der Waals surface area contributed by atoms with E-state index >= 15 is 0 Å². The molecule has 0 N–H and O–H groups in total. The molecule has 0 spiro atoms. The Kier molecular flexibility index (Phi) is 5.17. The largest absolute Gasteiger partial charge is 0.461 e. The molecule has 1 amide bonds. The van der Waals surface area contributed by atoms with Crippen molar-refractivity contribution in [2.75, 3.05) is 31.6 Å². The van der Waals surface area contributed by atoms with E-state index in [0.29, 0.717) is 5.95 Å². The summed E-state index contributed by atoms with van der Waals surface area (Å²) >= 11 is 5.88. The minimum Gasteiger partial charge on any atom is -0.461 e. The number of aromatic nitrogens is 3. The second-order valence-electron chi connectivity index (χ2n) is 5.30. The summed E-state index contributed by atoms with van der Waals surface area (Å²) in [6.45, 7) is 5.61. The number of ether oxygens (including phenoxy) is 1. The van der Waals surface area contributed by atoms with Crippen LogP contribution in [0.1, 0.15) is 26.7 Å². The van der Waals surface area contributed by atoms with E-state index in [9.17, 15) is 4.79 Å². The van der Waals surface area contributed by atoms with Crippen LogP contribution in [-0.2, 0) is 4.79 Å². The molecule has 1 aromatic heterocycles. The van der Waals surface area contributed by atoms with Gasteiger partial charge in [0.25, 0.3) is 0 Å². The van der Waals surface area contributed by atoms with E-state index in [0.717, 1.165) is 25.9 Å². The second-order valence-corrected chi connectivity index (χ2v) is 5.64. The number of nitrogens with zero attached hydrogens (tertiary/aromatic N) is 5. The number of hydrogen-bond acceptors (Lipinski definition) is 6. The summed E-state index contributed by atoms with van der Waals surface area (Å²) in [5.41, 5.74) is 0. The Morgan fingerprint density at radius 3 is 2.62 bits per heavy atom. The van der Waals surface area contributed by atoms with Gasteiger partial charge in [-0.05, 0) is 38.3 Å². The van der Waals surface area contributed by atoms with Gasteiger partial charge in [-0.1, -0.05) is 0 Å². The Labute approximate surface area is 129 Å². The van der Waals surface area contributed by atoms with E-state index in [4.69, 9.17) is 16.3 Å². The first kappa shape index (κ1) is 15.8. The number of likely N-dealkylation sites (tertiary alicyclic amines) is 1. The molecule has 0 aromatic carbocycles. The highest BCUT2D eigenvalue weighted by atomic mass is 35.5. The number of amides is 1. The fourth-order valence-corrected chi connectivity index (χ4v) is 2.24. The zero-order chi connectivity index (χ0) is 15.4. The SMILES string of the molecule is CC(C)Oc1nc(Cl)nc(N(C)CC(=O)N2CCCC2)n1. The molecule has 2 rings (SSSR count). The molecule has 1 fully saturated rings. The topological polar surface area (TPSA) is 71.5 Å². The highest BCUT2D eigenvalue weighted by Gasteiger charge is 2.21. The molecule has 1 aliphatic heterocycles. The van der Waals surface area contributed by atoms with Crippen LogP contribution in [-0.4, -0.2) is 58.5 Å². The van der Waals surface area contributed by atoms with Crippen LogP contribution in [0.4, 0.5) is 5.95 Å². The average molecular weight is 314 g/mol. The quantitative estimate of drug-likeness (QED) is 0.817. The number of hydrogen-bond donors (Lipinski definition) is 0. The molecule has 116 valence electrons. The Morgan fingerprint density at radius 1 is 1.33 bits per heavy atom. The lowest BCUT2D eigenvalue weighted by Crippen LogP contribution is -2.38. The van der Waals surface area contributed by atoms with Crippen molar-refractivity contribution in [1.29, 1.82) is 0 Å². The molecule has 0 aliphatic carbocycles. The molecule has 1 saturated heterocycles. The van der Waals surface area contributed by atoms with E-state index in [1.165, 1.54) is 0 Å². The van der Waals surface area contributed by atoms with Crippen molar-refractivity contribution < 1.29 is 9.53 Å². The molecule has 0 radical (unpaired) electrons. The standard InChI is InChI=1S/C13H20ClN5O2/c1-9(2)21-13-16-11(14)15-12(17-13)18(3)8-10(20)19-6-4-5-7-19/h9H,4-8H2,1-3H3. The Hall–Kier alpha value is -1.63. The molecule has 0 unspecified atom stereocenters.